The molecular weight excluding hydrogens is 280 g/mol. The lowest BCUT2D eigenvalue weighted by atomic mass is 9.85. The highest BCUT2D eigenvalue weighted by Gasteiger charge is 2.19. The molecule has 23 heavy (non-hydrogen) atoms. The lowest BCUT2D eigenvalue weighted by molar-refractivity contribution is 0.705. The fourth-order valence-electron chi connectivity index (χ4n) is 3.80. The van der Waals surface area contributed by atoms with Gasteiger partial charge in [0.2, 0.25) is 0 Å². The maximum atomic E-state index is 6.62. The van der Waals surface area contributed by atoms with Crippen LogP contribution in [0.15, 0.2) is 0 Å². The molecule has 0 atom stereocenters. The molecule has 0 amide bonds. The third-order valence-corrected chi connectivity index (χ3v) is 5.01. The molecule has 2 nitrogen and oxygen atoms in total. The van der Waals surface area contributed by atoms with Crippen LogP contribution in [0.4, 0.5) is 11.4 Å². The largest absolute Gasteiger partial charge is 0.397 e. The molecule has 0 saturated heterocycles. The fraction of sp³-hybridized carbons (Fsp3) is 0.714. The molecular formula is C21H38N2. The van der Waals surface area contributed by atoms with Gasteiger partial charge in [0.05, 0.1) is 11.4 Å². The van der Waals surface area contributed by atoms with Crippen LogP contribution < -0.4 is 11.1 Å². The lowest BCUT2D eigenvalue weighted by Crippen LogP contribution is -2.12. The third kappa shape index (κ3) is 4.89. The van der Waals surface area contributed by atoms with Crippen LogP contribution in [0.2, 0.25) is 0 Å². The van der Waals surface area contributed by atoms with E-state index in [-0.39, 0.29) is 0 Å². The van der Waals surface area contributed by atoms with Crippen LogP contribution in [0.3, 0.4) is 0 Å². The summed E-state index contributed by atoms with van der Waals surface area (Å²) in [5.41, 5.74) is 14.8. The number of anilines is 2. The second kappa shape index (κ2) is 10.6. The number of hydrogen-bond donors (Lipinski definition) is 2. The summed E-state index contributed by atoms with van der Waals surface area (Å²) in [6, 6.07) is 0. The molecule has 1 aromatic rings. The van der Waals surface area contributed by atoms with Crippen molar-refractivity contribution in [2.75, 3.05) is 18.1 Å². The summed E-state index contributed by atoms with van der Waals surface area (Å²) < 4.78 is 0. The van der Waals surface area contributed by atoms with Gasteiger partial charge in [-0.2, -0.15) is 0 Å². The molecule has 1 rings (SSSR count). The van der Waals surface area contributed by atoms with Gasteiger partial charge in [-0.1, -0.05) is 53.4 Å². The van der Waals surface area contributed by atoms with Crippen molar-refractivity contribution in [1.82, 2.24) is 0 Å². The van der Waals surface area contributed by atoms with Gasteiger partial charge in [-0.15, -0.1) is 0 Å². The second-order valence-corrected chi connectivity index (χ2v) is 6.57. The van der Waals surface area contributed by atoms with Crippen molar-refractivity contribution < 1.29 is 0 Å². The maximum Gasteiger partial charge on any atom is 0.0609 e. The van der Waals surface area contributed by atoms with E-state index in [1.165, 1.54) is 60.9 Å². The smallest absolute Gasteiger partial charge is 0.0609 e. The van der Waals surface area contributed by atoms with Gasteiger partial charge in [0, 0.05) is 7.05 Å². The molecule has 0 unspecified atom stereocenters. The molecule has 0 aromatic heterocycles. The summed E-state index contributed by atoms with van der Waals surface area (Å²) in [7, 11) is 2.02. The SMILES string of the molecule is CCCCCc1c(N)c(NC)c(CCCCC)c(CC)c1CC. The van der Waals surface area contributed by atoms with Crippen LogP contribution in [-0.4, -0.2) is 7.05 Å². The van der Waals surface area contributed by atoms with Crippen molar-refractivity contribution >= 4 is 11.4 Å². The van der Waals surface area contributed by atoms with Crippen molar-refractivity contribution in [3.63, 3.8) is 0 Å². The summed E-state index contributed by atoms with van der Waals surface area (Å²) in [6.45, 7) is 9.11. The summed E-state index contributed by atoms with van der Waals surface area (Å²) in [5.74, 6) is 0. The number of benzene rings is 1. The minimum Gasteiger partial charge on any atom is -0.397 e. The fourth-order valence-corrected chi connectivity index (χ4v) is 3.80. The highest BCUT2D eigenvalue weighted by atomic mass is 14.9. The Hall–Kier alpha value is -1.18. The lowest BCUT2D eigenvalue weighted by Gasteiger charge is -2.24. The Bertz CT molecular complexity index is 477. The van der Waals surface area contributed by atoms with E-state index in [1.54, 1.807) is 5.56 Å². The van der Waals surface area contributed by atoms with Crippen LogP contribution in [0.5, 0.6) is 0 Å². The Morgan fingerprint density at radius 3 is 1.61 bits per heavy atom. The number of nitrogens with one attached hydrogen (secondary N) is 1. The predicted octanol–water partition coefficient (Wildman–Crippen LogP) is 5.90. The number of nitrogens with two attached hydrogens (primary N) is 1. The molecule has 0 fully saturated rings. The Morgan fingerprint density at radius 2 is 1.17 bits per heavy atom. The second-order valence-electron chi connectivity index (χ2n) is 6.57. The monoisotopic (exact) mass is 318 g/mol. The molecule has 0 aliphatic rings. The molecule has 0 heterocycles. The van der Waals surface area contributed by atoms with Gasteiger partial charge in [0.1, 0.15) is 0 Å². The first kappa shape index (κ1) is 19.9. The van der Waals surface area contributed by atoms with Gasteiger partial charge in [-0.05, 0) is 60.8 Å². The first-order chi connectivity index (χ1) is 11.2. The Balaban J connectivity index is 3.32. The van der Waals surface area contributed by atoms with Crippen LogP contribution in [0, 0.1) is 0 Å². The molecule has 0 saturated carbocycles. The van der Waals surface area contributed by atoms with Crippen molar-refractivity contribution in [2.24, 2.45) is 0 Å². The predicted molar refractivity (Wildman–Crippen MR) is 106 cm³/mol. The molecule has 2 heteroatoms. The van der Waals surface area contributed by atoms with Crippen LogP contribution >= 0.6 is 0 Å². The number of hydrogen-bond acceptors (Lipinski definition) is 2. The van der Waals surface area contributed by atoms with Crippen LogP contribution in [0.1, 0.15) is 88.5 Å². The van der Waals surface area contributed by atoms with Gasteiger partial charge in [0.25, 0.3) is 0 Å². The number of rotatable bonds is 11. The standard InChI is InChI=1S/C21H38N2/c1-6-10-12-14-18-16(8-3)17(9-4)19(15-13-11-7-2)21(23-5)20(18)22/h23H,6-15,22H2,1-5H3. The molecule has 3 N–H and O–H groups in total. The number of nitrogen functional groups attached to an aromatic ring is 1. The third-order valence-electron chi connectivity index (χ3n) is 5.01. The van der Waals surface area contributed by atoms with E-state index >= 15 is 0 Å². The van der Waals surface area contributed by atoms with E-state index in [2.05, 4.69) is 33.0 Å². The van der Waals surface area contributed by atoms with Crippen molar-refractivity contribution in [1.29, 1.82) is 0 Å². The molecule has 0 radical (unpaired) electrons. The highest BCUT2D eigenvalue weighted by molar-refractivity contribution is 5.77. The summed E-state index contributed by atoms with van der Waals surface area (Å²) in [6.07, 6.45) is 12.1. The summed E-state index contributed by atoms with van der Waals surface area (Å²) in [4.78, 5) is 0. The average Bonchev–Trinajstić information content (AvgIpc) is 2.56. The Morgan fingerprint density at radius 1 is 0.696 bits per heavy atom. The average molecular weight is 319 g/mol. The van der Waals surface area contributed by atoms with Gasteiger partial charge in [-0.25, -0.2) is 0 Å². The Labute approximate surface area is 144 Å². The minimum absolute atomic E-state index is 1.02. The van der Waals surface area contributed by atoms with Crippen molar-refractivity contribution in [3.05, 3.63) is 22.3 Å². The first-order valence-electron chi connectivity index (χ1n) is 9.78. The topological polar surface area (TPSA) is 38.0 Å². The van der Waals surface area contributed by atoms with Crippen LogP contribution in [-0.2, 0) is 25.7 Å². The molecule has 0 spiro atoms. The zero-order valence-electron chi connectivity index (χ0n) is 16.1. The van der Waals surface area contributed by atoms with Gasteiger partial charge >= 0.3 is 0 Å². The molecule has 0 aliphatic carbocycles. The zero-order chi connectivity index (χ0) is 17.2. The van der Waals surface area contributed by atoms with E-state index in [4.69, 9.17) is 5.73 Å². The number of unbranched alkanes of at least 4 members (excludes halogenated alkanes) is 4. The van der Waals surface area contributed by atoms with Gasteiger partial charge in [0.15, 0.2) is 0 Å². The van der Waals surface area contributed by atoms with E-state index in [9.17, 15) is 0 Å². The Kier molecular flexibility index (Phi) is 9.13. The van der Waals surface area contributed by atoms with E-state index in [0.717, 1.165) is 31.4 Å². The normalized spacial score (nSPS) is 11.0. The van der Waals surface area contributed by atoms with E-state index < -0.39 is 0 Å². The molecule has 0 bridgehead atoms. The van der Waals surface area contributed by atoms with E-state index in [0.29, 0.717) is 0 Å². The molecule has 0 aliphatic heterocycles. The zero-order valence-corrected chi connectivity index (χ0v) is 16.1. The van der Waals surface area contributed by atoms with E-state index in [1.807, 2.05) is 7.05 Å². The minimum atomic E-state index is 1.02. The van der Waals surface area contributed by atoms with Crippen molar-refractivity contribution in [3.8, 4) is 0 Å². The molecule has 132 valence electrons. The van der Waals surface area contributed by atoms with Gasteiger partial charge in [-0.3, -0.25) is 0 Å². The quantitative estimate of drug-likeness (QED) is 0.394. The highest BCUT2D eigenvalue weighted by Crippen LogP contribution is 2.37. The van der Waals surface area contributed by atoms with Crippen molar-refractivity contribution in [2.45, 2.75) is 91.9 Å². The molecule has 1 aromatic carbocycles. The summed E-state index contributed by atoms with van der Waals surface area (Å²) >= 11 is 0. The maximum absolute atomic E-state index is 6.62. The van der Waals surface area contributed by atoms with Gasteiger partial charge < -0.3 is 11.1 Å². The summed E-state index contributed by atoms with van der Waals surface area (Å²) in [5, 5.41) is 3.42. The first-order valence-corrected chi connectivity index (χ1v) is 9.78. The van der Waals surface area contributed by atoms with Crippen LogP contribution in [0.25, 0.3) is 0 Å².